The lowest BCUT2D eigenvalue weighted by Gasteiger charge is -2.35. The van der Waals surface area contributed by atoms with Gasteiger partial charge in [-0.1, -0.05) is 0 Å². The normalized spacial score (nSPS) is 15.4. The predicted octanol–water partition coefficient (Wildman–Crippen LogP) is 6.90. The number of hydrogen-bond acceptors (Lipinski definition) is 2. The van der Waals surface area contributed by atoms with Crippen LogP contribution < -0.4 is 0 Å². The van der Waals surface area contributed by atoms with Crippen molar-refractivity contribution in [3.63, 3.8) is 0 Å². The second-order valence-corrected chi connectivity index (χ2v) is 5.20. The first-order chi connectivity index (χ1) is 13.6. The fourth-order valence-corrected chi connectivity index (χ4v) is 1.40. The lowest BCUT2D eigenvalue weighted by molar-refractivity contribution is -0.448. The van der Waals surface area contributed by atoms with Gasteiger partial charge in [-0.25, -0.2) is 4.39 Å². The average molecular weight is 528 g/mol. The molecule has 0 heterocycles. The van der Waals surface area contributed by atoms with Crippen LogP contribution in [-0.4, -0.2) is 61.5 Å². The molecule has 0 aliphatic carbocycles. The second-order valence-electron chi connectivity index (χ2n) is 5.20. The fourth-order valence-electron chi connectivity index (χ4n) is 1.40. The number of halogens is 18. The first-order valence-corrected chi connectivity index (χ1v) is 7.30. The minimum absolute atomic E-state index is 0.696. The van der Waals surface area contributed by atoms with E-state index in [1.54, 1.807) is 0 Å². The van der Waals surface area contributed by atoms with Gasteiger partial charge in [-0.3, -0.25) is 0 Å². The van der Waals surface area contributed by atoms with Crippen LogP contribution in [0.5, 0.6) is 0 Å². The van der Waals surface area contributed by atoms with Crippen molar-refractivity contribution in [3.05, 3.63) is 0 Å². The lowest BCUT2D eigenvalue weighted by Crippen LogP contribution is -2.65. The topological polar surface area (TPSA) is 18.5 Å². The van der Waals surface area contributed by atoms with Crippen molar-refractivity contribution < 1.29 is 88.5 Å². The van der Waals surface area contributed by atoms with Gasteiger partial charge < -0.3 is 9.47 Å². The van der Waals surface area contributed by atoms with Crippen molar-refractivity contribution >= 4 is 0 Å². The molecule has 0 aliphatic heterocycles. The van der Waals surface area contributed by atoms with Gasteiger partial charge in [-0.05, 0) is 13.8 Å². The highest BCUT2D eigenvalue weighted by Crippen LogP contribution is 2.55. The molecule has 0 saturated heterocycles. The van der Waals surface area contributed by atoms with Crippen LogP contribution >= 0.6 is 0 Å². The molecule has 0 rings (SSSR count). The third-order valence-electron chi connectivity index (χ3n) is 2.95. The minimum Gasteiger partial charge on any atom is -0.318 e. The lowest BCUT2D eigenvalue weighted by atomic mass is 10.0. The SMILES string of the molecule is CCOC(F)(F)C(F)(C(F)(F)F)C(F)(F)F.CCOC(F)(F)C(F)(F)C(F)(F)C(F)(F)F. The molecule has 0 bridgehead atoms. The Labute approximate surface area is 165 Å². The van der Waals surface area contributed by atoms with Crippen molar-refractivity contribution in [2.45, 2.75) is 62.1 Å². The summed E-state index contributed by atoms with van der Waals surface area (Å²) >= 11 is 0. The summed E-state index contributed by atoms with van der Waals surface area (Å²) in [6, 6.07) is 0. The van der Waals surface area contributed by atoms with Gasteiger partial charge in [0.2, 0.25) is 0 Å². The molecule has 20 heteroatoms. The number of ether oxygens (including phenoxy) is 2. The van der Waals surface area contributed by atoms with Gasteiger partial charge in [0.25, 0.3) is 0 Å². The molecule has 0 spiro atoms. The van der Waals surface area contributed by atoms with E-state index in [-0.39, 0.29) is 0 Å². The van der Waals surface area contributed by atoms with Gasteiger partial charge in [0.1, 0.15) is 0 Å². The molecule has 0 saturated carbocycles. The molecule has 0 N–H and O–H groups in total. The maximum absolute atomic E-state index is 12.6. The molecule has 0 aromatic heterocycles. The molecular formula is C12H10F18O2. The molecule has 0 aromatic carbocycles. The molecule has 0 fully saturated rings. The molecule has 0 aliphatic rings. The third kappa shape index (κ3) is 5.96. The highest BCUT2D eigenvalue weighted by Gasteiger charge is 2.85. The maximum atomic E-state index is 12.6. The zero-order valence-corrected chi connectivity index (χ0v) is 15.0. The molecule has 0 amide bonds. The van der Waals surface area contributed by atoms with Crippen LogP contribution in [0.25, 0.3) is 0 Å². The summed E-state index contributed by atoms with van der Waals surface area (Å²) in [6.45, 7) is -0.946. The highest BCUT2D eigenvalue weighted by molar-refractivity contribution is 5.01. The number of hydrogen-bond donors (Lipinski definition) is 0. The van der Waals surface area contributed by atoms with Crippen molar-refractivity contribution in [1.82, 2.24) is 0 Å². The quantitative estimate of drug-likeness (QED) is 0.335. The summed E-state index contributed by atoms with van der Waals surface area (Å²) in [5, 5.41) is 0. The molecule has 196 valence electrons. The Hall–Kier alpha value is -1.34. The van der Waals surface area contributed by atoms with E-state index in [4.69, 9.17) is 0 Å². The first kappa shape index (κ1) is 32.8. The van der Waals surface area contributed by atoms with Gasteiger partial charge in [0.15, 0.2) is 0 Å². The summed E-state index contributed by atoms with van der Waals surface area (Å²) in [7, 11) is 0. The molecule has 2 nitrogen and oxygen atoms in total. The third-order valence-corrected chi connectivity index (χ3v) is 2.95. The zero-order valence-electron chi connectivity index (χ0n) is 15.0. The fraction of sp³-hybridized carbons (Fsp3) is 1.00. The summed E-state index contributed by atoms with van der Waals surface area (Å²) in [5.74, 6) is -13.6. The van der Waals surface area contributed by atoms with E-state index >= 15 is 0 Å². The van der Waals surface area contributed by atoms with Crippen LogP contribution in [0.2, 0.25) is 0 Å². The van der Waals surface area contributed by atoms with E-state index in [1.807, 2.05) is 0 Å². The van der Waals surface area contributed by atoms with Crippen LogP contribution in [0.4, 0.5) is 79.0 Å². The minimum atomic E-state index is -6.89. The van der Waals surface area contributed by atoms with Crippen molar-refractivity contribution in [3.8, 4) is 0 Å². The standard InChI is InChI=1S/2C6H5F9O/c1-2-16-6(14,15)4(9,10)3(7,8)5(11,12)13;1-2-16-6(14,15)3(7,4(8,9)10)5(11,12)13/h2*2H2,1H3. The van der Waals surface area contributed by atoms with Gasteiger partial charge in [-0.2, -0.15) is 74.6 Å². The monoisotopic (exact) mass is 528 g/mol. The second kappa shape index (κ2) is 9.49. The molecule has 0 atom stereocenters. The van der Waals surface area contributed by atoms with Gasteiger partial charge in [-0.15, -0.1) is 0 Å². The average Bonchev–Trinajstić information content (AvgIpc) is 2.50. The van der Waals surface area contributed by atoms with Crippen LogP contribution in [0.3, 0.4) is 0 Å². The van der Waals surface area contributed by atoms with E-state index in [1.165, 1.54) is 0 Å². The zero-order chi connectivity index (χ0) is 26.8. The Balaban J connectivity index is 0. The smallest absolute Gasteiger partial charge is 0.318 e. The summed E-state index contributed by atoms with van der Waals surface area (Å²) < 4.78 is 222. The molecular weight excluding hydrogens is 518 g/mol. The Morgan fingerprint density at radius 3 is 0.906 bits per heavy atom. The number of alkyl halides is 18. The Kier molecular flexibility index (Phi) is 9.74. The van der Waals surface area contributed by atoms with E-state index in [0.29, 0.717) is 6.92 Å². The summed E-state index contributed by atoms with van der Waals surface area (Å²) in [4.78, 5) is 0. The van der Waals surface area contributed by atoms with E-state index in [9.17, 15) is 79.0 Å². The maximum Gasteiger partial charge on any atom is 0.460 e. The van der Waals surface area contributed by atoms with Crippen LogP contribution in [0.15, 0.2) is 0 Å². The van der Waals surface area contributed by atoms with Gasteiger partial charge in [0.05, 0.1) is 13.2 Å². The van der Waals surface area contributed by atoms with Crippen molar-refractivity contribution in [1.29, 1.82) is 0 Å². The Morgan fingerprint density at radius 2 is 0.688 bits per heavy atom. The molecule has 0 aromatic rings. The van der Waals surface area contributed by atoms with E-state index in [2.05, 4.69) is 9.47 Å². The van der Waals surface area contributed by atoms with Gasteiger partial charge in [0, 0.05) is 0 Å². The highest BCUT2D eigenvalue weighted by atomic mass is 19.4. The summed E-state index contributed by atoms with van der Waals surface area (Å²) in [5.41, 5.74) is -6.73. The largest absolute Gasteiger partial charge is 0.460 e. The molecule has 32 heavy (non-hydrogen) atoms. The van der Waals surface area contributed by atoms with E-state index < -0.39 is 61.5 Å². The Morgan fingerprint density at radius 1 is 0.406 bits per heavy atom. The van der Waals surface area contributed by atoms with Crippen LogP contribution in [0, 0.1) is 0 Å². The van der Waals surface area contributed by atoms with Crippen LogP contribution in [0.1, 0.15) is 13.8 Å². The first-order valence-electron chi connectivity index (χ1n) is 7.30. The molecule has 0 radical (unpaired) electrons. The van der Waals surface area contributed by atoms with Gasteiger partial charge >= 0.3 is 48.3 Å². The predicted molar refractivity (Wildman–Crippen MR) is 65.0 cm³/mol. The summed E-state index contributed by atoms with van der Waals surface area (Å²) in [6.07, 6.45) is -32.5. The van der Waals surface area contributed by atoms with Crippen molar-refractivity contribution in [2.75, 3.05) is 13.2 Å². The van der Waals surface area contributed by atoms with E-state index in [0.717, 1.165) is 6.92 Å². The van der Waals surface area contributed by atoms with Crippen LogP contribution in [-0.2, 0) is 9.47 Å². The molecule has 0 unspecified atom stereocenters. The van der Waals surface area contributed by atoms with Crippen molar-refractivity contribution in [2.24, 2.45) is 0 Å². The number of rotatable bonds is 7. The Bertz CT molecular complexity index is 572.